The van der Waals surface area contributed by atoms with Gasteiger partial charge in [-0.1, -0.05) is 5.16 Å². The van der Waals surface area contributed by atoms with Gasteiger partial charge in [-0.05, 0) is 54.0 Å². The number of thiazole rings is 1. The molecule has 1 N–H and O–H groups in total. The maximum Gasteiger partial charge on any atom is 0.378 e. The molecule has 0 aromatic carbocycles. The Balaban J connectivity index is 1.90. The van der Waals surface area contributed by atoms with Crippen LogP contribution < -0.4 is 5.32 Å². The van der Waals surface area contributed by atoms with E-state index in [4.69, 9.17) is 29.2 Å². The van der Waals surface area contributed by atoms with Crippen LogP contribution in [0.5, 0.6) is 0 Å². The number of halogens is 1. The van der Waals surface area contributed by atoms with Gasteiger partial charge in [0.1, 0.15) is 28.4 Å². The van der Waals surface area contributed by atoms with Crippen molar-refractivity contribution in [2.24, 2.45) is 5.16 Å². The van der Waals surface area contributed by atoms with Crippen LogP contribution in [-0.2, 0) is 44.2 Å². The maximum absolute atomic E-state index is 13.4. The number of β-lactam (4-membered cyclic amide) rings is 1. The summed E-state index contributed by atoms with van der Waals surface area (Å²) in [6, 6.07) is -1.28. The number of nitrogens with one attached hydrogen (secondary N) is 1. The summed E-state index contributed by atoms with van der Waals surface area (Å²) < 4.78 is 22.9. The molecule has 1 aromatic heterocycles. The van der Waals surface area contributed by atoms with Crippen LogP contribution in [0.3, 0.4) is 0 Å². The fourth-order valence-corrected chi connectivity index (χ4v) is 6.52. The van der Waals surface area contributed by atoms with Gasteiger partial charge in [-0.2, -0.15) is 0 Å². The van der Waals surface area contributed by atoms with E-state index in [2.05, 4.69) is 20.1 Å². The standard InChI is InChI=1S/C23H28BClN4O8S2/c1-10-12(8-25)16(20(32)36-24)29-18(31)15(19(29)39(10)34)27-17(30)14(13-9-38-11(2)26-13)28-37-23(6,7)21(33)35-22(3,4)5/h9-10,15,19H,8H2,1-7H3,(H,27,30)/b28-14-/t10-,15-,19-,39?/m1/s1. The third-order valence-electron chi connectivity index (χ3n) is 5.73. The van der Waals surface area contributed by atoms with Crippen molar-refractivity contribution >= 4 is 71.3 Å². The van der Waals surface area contributed by atoms with Crippen LogP contribution in [0.1, 0.15) is 52.2 Å². The number of ether oxygens (including phenoxy) is 1. The third-order valence-corrected chi connectivity index (χ3v) is 8.73. The normalized spacial score (nSPS) is 23.5. The van der Waals surface area contributed by atoms with E-state index < -0.39 is 62.4 Å². The van der Waals surface area contributed by atoms with Gasteiger partial charge in [-0.25, -0.2) is 14.6 Å². The molecule has 2 amide bonds. The van der Waals surface area contributed by atoms with E-state index >= 15 is 0 Å². The Morgan fingerprint density at radius 1 is 1.28 bits per heavy atom. The minimum atomic E-state index is -1.74. The number of aryl methyl sites for hydroxylation is 1. The maximum atomic E-state index is 13.4. The van der Waals surface area contributed by atoms with E-state index in [1.807, 2.05) is 0 Å². The van der Waals surface area contributed by atoms with E-state index in [1.165, 1.54) is 25.2 Å². The van der Waals surface area contributed by atoms with Crippen LogP contribution in [0.2, 0.25) is 0 Å². The van der Waals surface area contributed by atoms with Crippen molar-refractivity contribution in [3.05, 3.63) is 27.4 Å². The molecular formula is C23H28BClN4O8S2. The third kappa shape index (κ3) is 6.20. The summed E-state index contributed by atoms with van der Waals surface area (Å²) >= 11 is 7.20. The number of aromatic nitrogens is 1. The number of fused-ring (bicyclic) bond motifs is 1. The van der Waals surface area contributed by atoms with Crippen molar-refractivity contribution in [2.75, 3.05) is 5.88 Å². The van der Waals surface area contributed by atoms with Gasteiger partial charge in [0, 0.05) is 11.3 Å². The minimum absolute atomic E-state index is 0.133. The molecular weight excluding hydrogens is 571 g/mol. The number of hydrogen-bond acceptors (Lipinski definition) is 11. The van der Waals surface area contributed by atoms with Gasteiger partial charge in [0.25, 0.3) is 11.8 Å². The van der Waals surface area contributed by atoms with E-state index in [9.17, 15) is 23.4 Å². The van der Waals surface area contributed by atoms with Crippen molar-refractivity contribution in [3.63, 3.8) is 0 Å². The molecule has 1 aromatic rings. The molecule has 1 unspecified atom stereocenters. The molecule has 3 rings (SSSR count). The van der Waals surface area contributed by atoms with Crippen molar-refractivity contribution in [1.82, 2.24) is 15.2 Å². The molecule has 0 spiro atoms. The monoisotopic (exact) mass is 598 g/mol. The number of oxime groups is 1. The molecule has 1 fully saturated rings. The van der Waals surface area contributed by atoms with Crippen molar-refractivity contribution in [2.45, 2.75) is 76.3 Å². The smallest absolute Gasteiger partial charge is 0.378 e. The molecule has 16 heteroatoms. The Hall–Kier alpha value is -2.78. The zero-order chi connectivity index (χ0) is 29.4. The second-order valence-electron chi connectivity index (χ2n) is 10.2. The Morgan fingerprint density at radius 3 is 2.44 bits per heavy atom. The highest BCUT2D eigenvalue weighted by Gasteiger charge is 2.59. The number of hydrogen-bond donors (Lipinski definition) is 1. The fraction of sp³-hybridized carbons (Fsp3) is 0.565. The Morgan fingerprint density at radius 2 is 1.92 bits per heavy atom. The molecule has 12 nitrogen and oxygen atoms in total. The second kappa shape index (κ2) is 11.4. The second-order valence-corrected chi connectivity index (χ2v) is 13.4. The van der Waals surface area contributed by atoms with Crippen LogP contribution in [0, 0.1) is 6.92 Å². The van der Waals surface area contributed by atoms with E-state index in [0.717, 1.165) is 4.90 Å². The summed E-state index contributed by atoms with van der Waals surface area (Å²) in [6.45, 7) is 11.2. The lowest BCUT2D eigenvalue weighted by Crippen LogP contribution is -2.74. The lowest BCUT2D eigenvalue weighted by Gasteiger charge is -2.50. The van der Waals surface area contributed by atoms with E-state index in [-0.39, 0.29) is 28.6 Å². The van der Waals surface area contributed by atoms with E-state index in [1.54, 1.807) is 40.0 Å². The highest BCUT2D eigenvalue weighted by Crippen LogP contribution is 2.38. The summed E-state index contributed by atoms with van der Waals surface area (Å²) in [6.07, 6.45) is 0. The van der Waals surface area contributed by atoms with E-state index in [0.29, 0.717) is 5.01 Å². The minimum Gasteiger partial charge on any atom is -0.539 e. The summed E-state index contributed by atoms with van der Waals surface area (Å²) in [5.41, 5.74) is -2.52. The number of esters is 1. The van der Waals surface area contributed by atoms with Gasteiger partial charge in [-0.3, -0.25) is 18.7 Å². The highest BCUT2D eigenvalue weighted by molar-refractivity contribution is 7.86. The number of alkyl halides is 1. The molecule has 1 saturated heterocycles. The Labute approximate surface area is 238 Å². The summed E-state index contributed by atoms with van der Waals surface area (Å²) in [4.78, 5) is 62.1. The first-order valence-corrected chi connectivity index (χ1v) is 14.4. The summed E-state index contributed by atoms with van der Waals surface area (Å²) in [7, 11) is 3.30. The fourth-order valence-electron chi connectivity index (χ4n) is 3.71. The predicted molar refractivity (Wildman–Crippen MR) is 144 cm³/mol. The lowest BCUT2D eigenvalue weighted by molar-refractivity contribution is -0.179. The number of nitrogens with zero attached hydrogens (tertiary/aromatic N) is 3. The molecule has 210 valence electrons. The summed E-state index contributed by atoms with van der Waals surface area (Å²) in [5.74, 6) is -3.52. The summed E-state index contributed by atoms with van der Waals surface area (Å²) in [5, 5.41) is 6.79. The van der Waals surface area contributed by atoms with Gasteiger partial charge in [-0.15, -0.1) is 22.9 Å². The topological polar surface area (TPSA) is 154 Å². The average Bonchev–Trinajstić information content (AvgIpc) is 3.27. The first-order valence-electron chi connectivity index (χ1n) is 11.7. The molecule has 0 bridgehead atoms. The lowest BCUT2D eigenvalue weighted by atomic mass is 10.0. The first kappa shape index (κ1) is 30.8. The Kier molecular flexibility index (Phi) is 8.97. The van der Waals surface area contributed by atoms with Gasteiger partial charge in [0.05, 0.1) is 21.1 Å². The zero-order valence-corrected chi connectivity index (χ0v) is 24.8. The quantitative estimate of drug-likeness (QED) is 0.116. The SMILES string of the molecule is [B]OC(=O)C1=C(CCl)[C@@H](C)S(=O)[C@@H]2[C@H](NC(=O)/C(=N\OC(C)(C)C(=O)OC(C)(C)C)c3csc(C)n3)C(=O)N12. The average molecular weight is 599 g/mol. The van der Waals surface area contributed by atoms with Gasteiger partial charge in [0.15, 0.2) is 5.71 Å². The largest absolute Gasteiger partial charge is 0.539 e. The number of rotatable bonds is 8. The van der Waals surface area contributed by atoms with Gasteiger partial charge >= 0.3 is 20.0 Å². The zero-order valence-electron chi connectivity index (χ0n) is 22.4. The van der Waals surface area contributed by atoms with Crippen LogP contribution in [-0.4, -0.2) is 85.4 Å². The highest BCUT2D eigenvalue weighted by atomic mass is 35.5. The number of carbonyl (C=O) groups is 4. The molecule has 4 atom stereocenters. The molecule has 0 saturated carbocycles. The van der Waals surface area contributed by atoms with Crippen LogP contribution >= 0.6 is 22.9 Å². The molecule has 0 aliphatic carbocycles. The Bertz CT molecular complexity index is 1290. The molecule has 2 aliphatic rings. The van der Waals surface area contributed by atoms with Crippen molar-refractivity contribution in [1.29, 1.82) is 0 Å². The number of carbonyl (C=O) groups excluding carboxylic acids is 4. The first-order chi connectivity index (χ1) is 18.0. The van der Waals surface area contributed by atoms with Crippen LogP contribution in [0.25, 0.3) is 0 Å². The van der Waals surface area contributed by atoms with Gasteiger partial charge < -0.3 is 19.5 Å². The van der Waals surface area contributed by atoms with Crippen LogP contribution in [0.15, 0.2) is 21.8 Å². The molecule has 2 aliphatic heterocycles. The van der Waals surface area contributed by atoms with Crippen molar-refractivity contribution in [3.8, 4) is 0 Å². The van der Waals surface area contributed by atoms with Gasteiger partial charge in [0.2, 0.25) is 5.60 Å². The number of amides is 2. The van der Waals surface area contributed by atoms with Crippen molar-refractivity contribution < 1.29 is 37.6 Å². The predicted octanol–water partition coefficient (Wildman–Crippen LogP) is 1.22. The molecule has 2 radical (unpaired) electrons. The molecule has 39 heavy (non-hydrogen) atoms. The molecule has 3 heterocycles. The van der Waals surface area contributed by atoms with Crippen LogP contribution in [0.4, 0.5) is 0 Å².